The van der Waals surface area contributed by atoms with Crippen molar-refractivity contribution in [1.82, 2.24) is 9.62 Å². The van der Waals surface area contributed by atoms with Crippen LogP contribution in [0.25, 0.3) is 0 Å². The number of ether oxygens (including phenoxy) is 1. The summed E-state index contributed by atoms with van der Waals surface area (Å²) in [6.45, 7) is 3.35. The Bertz CT molecular complexity index is 874. The fourth-order valence-electron chi connectivity index (χ4n) is 3.18. The first-order valence-electron chi connectivity index (χ1n) is 9.49. The summed E-state index contributed by atoms with van der Waals surface area (Å²) in [5.74, 6) is 0.787. The number of nitrogens with zero attached hydrogens (tertiary/aromatic N) is 1. The van der Waals surface area contributed by atoms with Crippen molar-refractivity contribution in [3.63, 3.8) is 0 Å². The van der Waals surface area contributed by atoms with Crippen LogP contribution in [-0.2, 0) is 14.8 Å². The maximum absolute atomic E-state index is 12.5. The van der Waals surface area contributed by atoms with Gasteiger partial charge in [-0.2, -0.15) is 0 Å². The van der Waals surface area contributed by atoms with Crippen molar-refractivity contribution >= 4 is 15.9 Å². The first-order chi connectivity index (χ1) is 13.4. The number of carbonyl (C=O) groups excluding carboxylic acids is 1. The molecule has 0 bridgehead atoms. The Morgan fingerprint density at radius 1 is 1.07 bits per heavy atom. The Hall–Kier alpha value is -2.38. The average Bonchev–Trinajstić information content (AvgIpc) is 2.69. The van der Waals surface area contributed by atoms with E-state index in [9.17, 15) is 13.2 Å². The van der Waals surface area contributed by atoms with E-state index in [0.717, 1.165) is 11.3 Å². The molecule has 0 aromatic heterocycles. The first kappa shape index (κ1) is 20.4. The molecule has 0 unspecified atom stereocenters. The van der Waals surface area contributed by atoms with Gasteiger partial charge in [0.25, 0.3) is 0 Å². The molecule has 0 atom stereocenters. The maximum Gasteiger partial charge on any atom is 0.240 e. The number of sulfonamides is 1. The number of nitrogens with one attached hydrogen (secondary N) is 1. The summed E-state index contributed by atoms with van der Waals surface area (Å²) in [7, 11) is -3.53. The summed E-state index contributed by atoms with van der Waals surface area (Å²) in [5, 5.41) is 0. The van der Waals surface area contributed by atoms with Gasteiger partial charge >= 0.3 is 0 Å². The molecule has 1 aliphatic heterocycles. The second-order valence-corrected chi connectivity index (χ2v) is 8.71. The van der Waals surface area contributed by atoms with Crippen LogP contribution in [0.15, 0.2) is 59.5 Å². The van der Waals surface area contributed by atoms with Crippen LogP contribution in [0, 0.1) is 6.92 Å². The minimum atomic E-state index is -3.53. The predicted octanol–water partition coefficient (Wildman–Crippen LogP) is 2.73. The summed E-state index contributed by atoms with van der Waals surface area (Å²) in [6, 6.07) is 16.0. The minimum Gasteiger partial charge on any atom is -0.493 e. The second kappa shape index (κ2) is 9.21. The van der Waals surface area contributed by atoms with Gasteiger partial charge in [0.1, 0.15) is 5.75 Å². The molecule has 0 aliphatic carbocycles. The first-order valence-corrected chi connectivity index (χ1v) is 11.0. The van der Waals surface area contributed by atoms with E-state index in [1.807, 2.05) is 37.3 Å². The smallest absolute Gasteiger partial charge is 0.240 e. The van der Waals surface area contributed by atoms with Crippen LogP contribution in [0.3, 0.4) is 0 Å². The molecule has 7 heteroatoms. The molecule has 1 heterocycles. The Balaban J connectivity index is 1.43. The lowest BCUT2D eigenvalue weighted by Gasteiger charge is -2.32. The Labute approximate surface area is 166 Å². The fourth-order valence-corrected chi connectivity index (χ4v) is 4.49. The molecule has 2 aromatic carbocycles. The Morgan fingerprint density at radius 2 is 1.71 bits per heavy atom. The lowest BCUT2D eigenvalue weighted by atomic mass is 10.1. The largest absolute Gasteiger partial charge is 0.493 e. The van der Waals surface area contributed by atoms with Gasteiger partial charge in [-0.1, -0.05) is 35.9 Å². The number of amides is 1. The molecule has 28 heavy (non-hydrogen) atoms. The summed E-state index contributed by atoms with van der Waals surface area (Å²) < 4.78 is 33.3. The molecule has 0 spiro atoms. The quantitative estimate of drug-likeness (QED) is 0.773. The van der Waals surface area contributed by atoms with Crippen molar-refractivity contribution in [2.75, 3.05) is 19.7 Å². The van der Waals surface area contributed by atoms with Crippen molar-refractivity contribution in [1.29, 1.82) is 0 Å². The molecule has 1 N–H and O–H groups in total. The molecule has 6 nitrogen and oxygen atoms in total. The van der Waals surface area contributed by atoms with E-state index in [0.29, 0.717) is 39.0 Å². The normalized spacial score (nSPS) is 15.4. The maximum atomic E-state index is 12.5. The van der Waals surface area contributed by atoms with E-state index < -0.39 is 10.0 Å². The monoisotopic (exact) mass is 402 g/mol. The van der Waals surface area contributed by atoms with Crippen molar-refractivity contribution in [2.45, 2.75) is 37.1 Å². The van der Waals surface area contributed by atoms with Gasteiger partial charge in [-0.25, -0.2) is 13.1 Å². The minimum absolute atomic E-state index is 0.0378. The molecular weight excluding hydrogens is 376 g/mol. The zero-order valence-corrected chi connectivity index (χ0v) is 16.8. The second-order valence-electron chi connectivity index (χ2n) is 7.00. The highest BCUT2D eigenvalue weighted by atomic mass is 32.2. The fraction of sp³-hybridized carbons (Fsp3) is 0.381. The Morgan fingerprint density at radius 3 is 2.36 bits per heavy atom. The van der Waals surface area contributed by atoms with E-state index >= 15 is 0 Å². The molecule has 1 saturated heterocycles. The van der Waals surface area contributed by atoms with Crippen molar-refractivity contribution < 1.29 is 17.9 Å². The van der Waals surface area contributed by atoms with Crippen LogP contribution in [0.2, 0.25) is 0 Å². The predicted molar refractivity (Wildman–Crippen MR) is 108 cm³/mol. The highest BCUT2D eigenvalue weighted by Gasteiger charge is 2.26. The number of hydrogen-bond donors (Lipinski definition) is 1. The summed E-state index contributed by atoms with van der Waals surface area (Å²) in [5.41, 5.74) is 1.02. The van der Waals surface area contributed by atoms with E-state index in [2.05, 4.69) is 4.72 Å². The van der Waals surface area contributed by atoms with Crippen molar-refractivity contribution in [3.05, 3.63) is 60.2 Å². The number of likely N-dealkylation sites (tertiary alicyclic amines) is 1. The van der Waals surface area contributed by atoms with Crippen LogP contribution in [0.1, 0.15) is 24.8 Å². The van der Waals surface area contributed by atoms with Gasteiger partial charge in [0, 0.05) is 19.1 Å². The summed E-state index contributed by atoms with van der Waals surface area (Å²) >= 11 is 0. The number of benzene rings is 2. The molecule has 1 amide bonds. The number of piperidine rings is 1. The zero-order valence-electron chi connectivity index (χ0n) is 16.0. The van der Waals surface area contributed by atoms with Crippen molar-refractivity contribution in [3.8, 4) is 5.75 Å². The molecule has 2 aromatic rings. The number of hydrogen-bond acceptors (Lipinski definition) is 4. The van der Waals surface area contributed by atoms with Gasteiger partial charge in [0.15, 0.2) is 0 Å². The molecule has 1 fully saturated rings. The molecule has 0 radical (unpaired) electrons. The van der Waals surface area contributed by atoms with E-state index in [1.165, 1.54) is 0 Å². The highest BCUT2D eigenvalue weighted by Crippen LogP contribution is 2.16. The standard InChI is InChI=1S/C21H26N2O4S/c1-17-7-9-20(10-8-17)28(25,26)22-18-11-14-23(15-12-18)21(24)13-16-27-19-5-3-2-4-6-19/h2-10,18,22H,11-16H2,1H3. The van der Waals surface area contributed by atoms with Crippen LogP contribution in [-0.4, -0.2) is 45.0 Å². The van der Waals surface area contributed by atoms with E-state index in [1.54, 1.807) is 29.2 Å². The van der Waals surface area contributed by atoms with E-state index in [4.69, 9.17) is 4.74 Å². The third-order valence-corrected chi connectivity index (χ3v) is 6.37. The number of rotatable bonds is 7. The number of carbonyl (C=O) groups is 1. The zero-order chi connectivity index (χ0) is 20.0. The number of para-hydroxylation sites is 1. The van der Waals surface area contributed by atoms with Crippen LogP contribution in [0.4, 0.5) is 0 Å². The SMILES string of the molecule is Cc1ccc(S(=O)(=O)NC2CCN(C(=O)CCOc3ccccc3)CC2)cc1. The molecule has 1 aliphatic rings. The van der Waals surface area contributed by atoms with E-state index in [-0.39, 0.29) is 16.8 Å². The Kier molecular flexibility index (Phi) is 6.70. The van der Waals surface area contributed by atoms with Gasteiger partial charge in [0.2, 0.25) is 15.9 Å². The van der Waals surface area contributed by atoms with Gasteiger partial charge in [-0.05, 0) is 44.0 Å². The average molecular weight is 403 g/mol. The van der Waals surface area contributed by atoms with Crippen LogP contribution < -0.4 is 9.46 Å². The molecule has 3 rings (SSSR count). The third-order valence-electron chi connectivity index (χ3n) is 4.83. The summed E-state index contributed by atoms with van der Waals surface area (Å²) in [4.78, 5) is 14.4. The number of aryl methyl sites for hydroxylation is 1. The van der Waals surface area contributed by atoms with Gasteiger partial charge < -0.3 is 9.64 Å². The highest BCUT2D eigenvalue weighted by molar-refractivity contribution is 7.89. The molecule has 150 valence electrons. The van der Waals surface area contributed by atoms with Crippen molar-refractivity contribution in [2.24, 2.45) is 0 Å². The lowest BCUT2D eigenvalue weighted by molar-refractivity contribution is -0.132. The third kappa shape index (κ3) is 5.56. The van der Waals surface area contributed by atoms with Crippen LogP contribution in [0.5, 0.6) is 5.75 Å². The van der Waals surface area contributed by atoms with Gasteiger partial charge in [0.05, 0.1) is 17.9 Å². The summed E-state index contributed by atoms with van der Waals surface area (Å²) in [6.07, 6.45) is 1.53. The topological polar surface area (TPSA) is 75.7 Å². The van der Waals surface area contributed by atoms with Gasteiger partial charge in [-0.3, -0.25) is 4.79 Å². The molecule has 0 saturated carbocycles. The van der Waals surface area contributed by atoms with Crippen LogP contribution >= 0.6 is 0 Å². The lowest BCUT2D eigenvalue weighted by Crippen LogP contribution is -2.46. The van der Waals surface area contributed by atoms with Gasteiger partial charge in [-0.15, -0.1) is 0 Å². The molecular formula is C21H26N2O4S.